The molecule has 4 aromatic rings. The maximum Gasteiger partial charge on any atom is 0.458 e. The van der Waals surface area contributed by atoms with E-state index in [9.17, 15) is 45.5 Å². The molecule has 0 atom stereocenters. The second-order valence-corrected chi connectivity index (χ2v) is 12.5. The first-order valence-electron chi connectivity index (χ1n) is 16.1. The van der Waals surface area contributed by atoms with Crippen molar-refractivity contribution in [1.82, 2.24) is 19.9 Å². The molecule has 53 heavy (non-hydrogen) atoms. The number of halogens is 7. The summed E-state index contributed by atoms with van der Waals surface area (Å²) in [5.41, 5.74) is 5.13. The highest BCUT2D eigenvalue weighted by atomic mass is 35.5. The number of rotatable bonds is 5. The molecule has 0 spiro atoms. The van der Waals surface area contributed by atoms with E-state index in [0.29, 0.717) is 48.3 Å². The zero-order valence-electron chi connectivity index (χ0n) is 27.5. The van der Waals surface area contributed by atoms with E-state index in [2.05, 4.69) is 30.9 Å². The summed E-state index contributed by atoms with van der Waals surface area (Å²) in [7, 11) is 0. The van der Waals surface area contributed by atoms with Crippen LogP contribution in [0.25, 0.3) is 0 Å². The number of nitrogens with zero attached hydrogens (tertiary/aromatic N) is 4. The van der Waals surface area contributed by atoms with Crippen LogP contribution in [-0.4, -0.2) is 68.7 Å². The van der Waals surface area contributed by atoms with Crippen molar-refractivity contribution >= 4 is 63.8 Å². The van der Waals surface area contributed by atoms with Crippen molar-refractivity contribution < 1.29 is 45.5 Å². The van der Waals surface area contributed by atoms with Crippen molar-refractivity contribution in [2.75, 3.05) is 29.0 Å². The molecule has 0 radical (unpaired) electrons. The van der Waals surface area contributed by atoms with Gasteiger partial charge < -0.3 is 20.9 Å². The standard InChI is InChI=1S/C31H30ClN7O2.C4F6O2/c32-26-19-34-31-36-25-14-21(17-33-18-25)6-7-23-16-24(35-29(26)38-31)8-9-27(23)37-28(40)15-20-10-12-39(13-11-20)30(41)22-4-2-1-3-5-22;5-3(6,7)1(11)2(12)4(8,9)10/h1-5,8-9,14,16-20H,6-7,10-13,15H2,(H,37,40)(H2,34,35,36,38);. The molecule has 2 aliphatic rings. The fraction of sp³-hybridized carbons (Fsp3) is 0.286. The highest BCUT2D eigenvalue weighted by molar-refractivity contribution is 6.41. The lowest BCUT2D eigenvalue weighted by molar-refractivity contribution is -0.193. The van der Waals surface area contributed by atoms with Gasteiger partial charge in [0.25, 0.3) is 5.91 Å². The summed E-state index contributed by atoms with van der Waals surface area (Å²) in [6, 6.07) is 17.2. The van der Waals surface area contributed by atoms with Gasteiger partial charge in [0.2, 0.25) is 11.9 Å². The smallest absolute Gasteiger partial charge is 0.339 e. The average Bonchev–Trinajstić information content (AvgIpc) is 3.12. The molecule has 11 nitrogen and oxygen atoms in total. The maximum absolute atomic E-state index is 13.2. The van der Waals surface area contributed by atoms with Crippen LogP contribution in [0.5, 0.6) is 0 Å². The van der Waals surface area contributed by atoms with Crippen molar-refractivity contribution in [3.05, 3.63) is 94.9 Å². The Hall–Kier alpha value is -5.58. The van der Waals surface area contributed by atoms with Crippen molar-refractivity contribution in [2.24, 2.45) is 5.92 Å². The Kier molecular flexibility index (Phi) is 12.0. The lowest BCUT2D eigenvalue weighted by Gasteiger charge is -2.32. The molecule has 6 rings (SSSR count). The molecule has 2 amide bonds. The van der Waals surface area contributed by atoms with E-state index < -0.39 is 23.9 Å². The fourth-order valence-corrected chi connectivity index (χ4v) is 5.72. The van der Waals surface area contributed by atoms with Gasteiger partial charge in [-0.1, -0.05) is 29.8 Å². The molecule has 0 unspecified atom stereocenters. The largest absolute Gasteiger partial charge is 0.458 e. The number of ketones is 2. The molecule has 3 N–H and O–H groups in total. The third-order valence-electron chi connectivity index (χ3n) is 8.24. The topological polar surface area (TPSA) is 146 Å². The molecule has 2 aromatic heterocycles. The van der Waals surface area contributed by atoms with Gasteiger partial charge in [0, 0.05) is 42.6 Å². The number of anilines is 5. The Balaban J connectivity index is 0.000000390. The number of fused-ring (bicyclic) bond motifs is 6. The Morgan fingerprint density at radius 2 is 1.51 bits per heavy atom. The average molecular weight is 762 g/mol. The lowest BCUT2D eigenvalue weighted by Crippen LogP contribution is -2.39. The normalized spacial score (nSPS) is 14.4. The van der Waals surface area contributed by atoms with Gasteiger partial charge in [-0.05, 0) is 79.1 Å². The number of aromatic nitrogens is 3. The number of hydrogen-bond acceptors (Lipinski definition) is 9. The summed E-state index contributed by atoms with van der Waals surface area (Å²) in [5, 5.41) is 10.0. The van der Waals surface area contributed by atoms with E-state index >= 15 is 0 Å². The summed E-state index contributed by atoms with van der Waals surface area (Å²) in [6.07, 6.45) is -2.95. The Bertz CT molecular complexity index is 1960. The number of alkyl halides is 6. The third-order valence-corrected chi connectivity index (χ3v) is 8.51. The quantitative estimate of drug-likeness (QED) is 0.142. The van der Waals surface area contributed by atoms with E-state index in [-0.39, 0.29) is 17.7 Å². The predicted octanol–water partition coefficient (Wildman–Crippen LogP) is 7.24. The first-order chi connectivity index (χ1) is 25.1. The van der Waals surface area contributed by atoms with Gasteiger partial charge in [-0.25, -0.2) is 4.98 Å². The van der Waals surface area contributed by atoms with Gasteiger partial charge in [0.15, 0.2) is 5.82 Å². The molecule has 4 heterocycles. The van der Waals surface area contributed by atoms with E-state index in [1.165, 1.54) is 0 Å². The van der Waals surface area contributed by atoms with Crippen LogP contribution >= 0.6 is 11.6 Å². The fourth-order valence-electron chi connectivity index (χ4n) is 5.58. The predicted molar refractivity (Wildman–Crippen MR) is 182 cm³/mol. The monoisotopic (exact) mass is 761 g/mol. The number of benzene rings is 2. The number of aryl methyl sites for hydroxylation is 2. The number of amides is 2. The van der Waals surface area contributed by atoms with Crippen LogP contribution in [0.1, 0.15) is 40.7 Å². The third kappa shape index (κ3) is 10.5. The zero-order chi connectivity index (χ0) is 38.3. The highest BCUT2D eigenvalue weighted by Crippen LogP contribution is 2.30. The van der Waals surface area contributed by atoms with E-state index in [1.807, 2.05) is 65.7 Å². The molecule has 0 aliphatic carbocycles. The minimum absolute atomic E-state index is 0.0194. The van der Waals surface area contributed by atoms with Crippen LogP contribution in [0.4, 0.5) is 55.2 Å². The van der Waals surface area contributed by atoms with E-state index in [1.54, 1.807) is 12.4 Å². The zero-order valence-corrected chi connectivity index (χ0v) is 28.3. The summed E-state index contributed by atoms with van der Waals surface area (Å²) in [6.45, 7) is 1.32. The van der Waals surface area contributed by atoms with Gasteiger partial charge in [-0.3, -0.25) is 24.2 Å². The summed E-state index contributed by atoms with van der Waals surface area (Å²) in [4.78, 5) is 60.2. The van der Waals surface area contributed by atoms with Crippen LogP contribution < -0.4 is 16.0 Å². The van der Waals surface area contributed by atoms with Gasteiger partial charge in [-0.15, -0.1) is 0 Å². The Morgan fingerprint density at radius 1 is 0.830 bits per heavy atom. The minimum Gasteiger partial charge on any atom is -0.339 e. The van der Waals surface area contributed by atoms with Crippen molar-refractivity contribution in [2.45, 2.75) is 44.5 Å². The number of Topliss-reactive ketones (excluding diaryl/α,β-unsaturated/α-hetero) is 2. The first-order valence-corrected chi connectivity index (χ1v) is 16.4. The van der Waals surface area contributed by atoms with Crippen LogP contribution in [0.2, 0.25) is 5.02 Å². The number of carbonyl (C=O) groups excluding carboxylic acids is 4. The van der Waals surface area contributed by atoms with E-state index in [4.69, 9.17) is 11.6 Å². The van der Waals surface area contributed by atoms with Crippen LogP contribution in [0.3, 0.4) is 0 Å². The molecule has 278 valence electrons. The molecule has 2 aliphatic heterocycles. The number of likely N-dealkylation sites (tertiary alicyclic amines) is 1. The van der Waals surface area contributed by atoms with Gasteiger partial charge in [0.05, 0.1) is 18.1 Å². The Morgan fingerprint density at radius 3 is 2.17 bits per heavy atom. The second kappa shape index (κ2) is 16.4. The van der Waals surface area contributed by atoms with Crippen molar-refractivity contribution in [3.8, 4) is 0 Å². The van der Waals surface area contributed by atoms with E-state index in [0.717, 1.165) is 47.5 Å². The maximum atomic E-state index is 13.2. The van der Waals surface area contributed by atoms with Gasteiger partial charge in [0.1, 0.15) is 5.02 Å². The molecule has 1 fully saturated rings. The molecule has 0 saturated carbocycles. The molecule has 6 bridgehead atoms. The SMILES string of the molecule is O=C(C(=O)C(F)(F)F)C(F)(F)F.O=C(CC1CCN(C(=O)c2ccccc2)CC1)Nc1ccc2cc1CCc1cncc(c1)Nc1ncc(Cl)c(n1)N2. The summed E-state index contributed by atoms with van der Waals surface area (Å²) >= 11 is 6.38. The molecule has 2 aromatic carbocycles. The molecular formula is C35H30ClF6N7O4. The highest BCUT2D eigenvalue weighted by Gasteiger charge is 2.54. The summed E-state index contributed by atoms with van der Waals surface area (Å²) < 4.78 is 67.0. The van der Waals surface area contributed by atoms with Crippen molar-refractivity contribution in [1.29, 1.82) is 0 Å². The van der Waals surface area contributed by atoms with Crippen LogP contribution in [0.15, 0.2) is 73.2 Å². The van der Waals surface area contributed by atoms with Crippen LogP contribution in [-0.2, 0) is 27.2 Å². The summed E-state index contributed by atoms with van der Waals surface area (Å²) in [5.74, 6) is -5.66. The number of pyridine rings is 1. The second-order valence-electron chi connectivity index (χ2n) is 12.1. The van der Waals surface area contributed by atoms with Crippen molar-refractivity contribution in [3.63, 3.8) is 0 Å². The molecular weight excluding hydrogens is 732 g/mol. The number of hydrogen-bond donors (Lipinski definition) is 3. The molecule has 18 heteroatoms. The number of nitrogens with one attached hydrogen (secondary N) is 3. The number of piperidine rings is 1. The van der Waals surface area contributed by atoms with Gasteiger partial charge in [-0.2, -0.15) is 31.3 Å². The Labute approximate surface area is 303 Å². The van der Waals surface area contributed by atoms with Crippen LogP contribution in [0, 0.1) is 5.92 Å². The minimum atomic E-state index is -5.77. The van der Waals surface area contributed by atoms with Gasteiger partial charge >= 0.3 is 23.9 Å². The lowest BCUT2D eigenvalue weighted by atomic mass is 9.92. The first kappa shape index (κ1) is 38.6. The molecule has 1 saturated heterocycles. The number of carbonyl (C=O) groups is 4.